The van der Waals surface area contributed by atoms with Gasteiger partial charge in [0.15, 0.2) is 5.22 Å². The molecule has 2 aromatic heterocycles. The molecule has 0 fully saturated rings. The number of pyridine rings is 1. The van der Waals surface area contributed by atoms with Gasteiger partial charge in [0.1, 0.15) is 10.4 Å². The van der Waals surface area contributed by atoms with Gasteiger partial charge in [0, 0.05) is 0 Å². The van der Waals surface area contributed by atoms with Crippen molar-refractivity contribution in [3.05, 3.63) is 45.9 Å². The first-order chi connectivity index (χ1) is 7.24. The van der Waals surface area contributed by atoms with Crippen LogP contribution in [0, 0.1) is 0 Å². The molecule has 78 valence electrons. The Morgan fingerprint density at radius 1 is 1.33 bits per heavy atom. The number of hydrogen-bond acceptors (Lipinski definition) is 3. The lowest BCUT2D eigenvalue weighted by atomic mass is 10.5. The molecule has 0 saturated carbocycles. The van der Waals surface area contributed by atoms with Crippen LogP contribution in [0.5, 0.6) is 0 Å². The molecular weight excluding hydrogens is 298 g/mol. The van der Waals surface area contributed by atoms with E-state index < -0.39 is 0 Å². The van der Waals surface area contributed by atoms with Gasteiger partial charge in [-0.2, -0.15) is 0 Å². The normalized spacial score (nSPS) is 10.5. The Labute approximate surface area is 105 Å². The van der Waals surface area contributed by atoms with E-state index in [9.17, 15) is 0 Å². The van der Waals surface area contributed by atoms with Crippen molar-refractivity contribution in [3.63, 3.8) is 0 Å². The molecule has 2 heterocycles. The van der Waals surface area contributed by atoms with Gasteiger partial charge in [-0.05, 0) is 51.8 Å². The third-order valence-electron chi connectivity index (χ3n) is 1.68. The molecule has 2 aromatic rings. The summed E-state index contributed by atoms with van der Waals surface area (Å²) in [7, 11) is 0. The molecule has 15 heavy (non-hydrogen) atoms. The van der Waals surface area contributed by atoms with Gasteiger partial charge in [0.2, 0.25) is 0 Å². The lowest BCUT2D eigenvalue weighted by Gasteiger charge is -1.98. The monoisotopic (exact) mass is 303 g/mol. The molecule has 0 aliphatic carbocycles. The van der Waals surface area contributed by atoms with E-state index in [1.165, 1.54) is 0 Å². The molecule has 0 spiro atoms. The van der Waals surface area contributed by atoms with Crippen LogP contribution in [0.3, 0.4) is 0 Å². The number of nitrogens with zero attached hydrogens (tertiary/aromatic N) is 1. The second kappa shape index (κ2) is 5.05. The van der Waals surface area contributed by atoms with Crippen LogP contribution in [0.25, 0.3) is 0 Å². The minimum absolute atomic E-state index is 0.424. The van der Waals surface area contributed by atoms with E-state index in [-0.39, 0.29) is 0 Å². The largest absolute Gasteiger partial charge is 0.449 e. The lowest BCUT2D eigenvalue weighted by Crippen LogP contribution is -1.81. The molecule has 0 saturated heterocycles. The smallest absolute Gasteiger partial charge is 0.193 e. The molecule has 0 atom stereocenters. The number of aromatic nitrogens is 1. The van der Waals surface area contributed by atoms with Crippen LogP contribution in [-0.4, -0.2) is 4.98 Å². The Morgan fingerprint density at radius 3 is 2.87 bits per heavy atom. The molecular formula is C10H7BrClNOS. The van der Waals surface area contributed by atoms with E-state index in [0.29, 0.717) is 5.22 Å². The fourth-order valence-electron chi connectivity index (χ4n) is 1.04. The minimum Gasteiger partial charge on any atom is -0.449 e. The predicted molar refractivity (Wildman–Crippen MR) is 65.2 cm³/mol. The summed E-state index contributed by atoms with van der Waals surface area (Å²) in [4.78, 5) is 4.30. The summed E-state index contributed by atoms with van der Waals surface area (Å²) in [5.74, 6) is 1.59. The summed E-state index contributed by atoms with van der Waals surface area (Å²) in [6.45, 7) is 0. The fraction of sp³-hybridized carbons (Fsp3) is 0.100. The van der Waals surface area contributed by atoms with E-state index in [4.69, 9.17) is 16.0 Å². The molecule has 5 heteroatoms. The summed E-state index contributed by atoms with van der Waals surface area (Å²) in [6.07, 6.45) is 0. The molecule has 0 aliphatic rings. The molecule has 2 nitrogen and oxygen atoms in total. The van der Waals surface area contributed by atoms with Crippen molar-refractivity contribution < 1.29 is 4.42 Å². The van der Waals surface area contributed by atoms with Gasteiger partial charge in [-0.15, -0.1) is 0 Å². The topological polar surface area (TPSA) is 26.0 Å². The predicted octanol–water partition coefficient (Wildman–Crippen LogP) is 4.38. The first kappa shape index (κ1) is 11.0. The van der Waals surface area contributed by atoms with Crippen LogP contribution < -0.4 is 0 Å². The third kappa shape index (κ3) is 3.26. The molecule has 0 radical (unpaired) electrons. The maximum atomic E-state index is 5.67. The average molecular weight is 305 g/mol. The van der Waals surface area contributed by atoms with Crippen LogP contribution in [0.1, 0.15) is 5.76 Å². The highest BCUT2D eigenvalue weighted by molar-refractivity contribution is 9.10. The highest BCUT2D eigenvalue weighted by Gasteiger charge is 2.02. The van der Waals surface area contributed by atoms with Crippen LogP contribution in [0.15, 0.2) is 44.4 Å². The summed E-state index contributed by atoms with van der Waals surface area (Å²) in [5.41, 5.74) is 0. The molecule has 0 unspecified atom stereocenters. The first-order valence-corrected chi connectivity index (χ1v) is 6.39. The SMILES string of the molecule is Clc1ccc(CSc2cccc(Br)n2)o1. The molecule has 0 aliphatic heterocycles. The highest BCUT2D eigenvalue weighted by Crippen LogP contribution is 2.24. The van der Waals surface area contributed by atoms with E-state index in [0.717, 1.165) is 21.1 Å². The zero-order chi connectivity index (χ0) is 10.7. The van der Waals surface area contributed by atoms with Crippen molar-refractivity contribution in [1.82, 2.24) is 4.98 Å². The Morgan fingerprint density at radius 2 is 2.20 bits per heavy atom. The van der Waals surface area contributed by atoms with Crippen molar-refractivity contribution in [3.8, 4) is 0 Å². The number of furan rings is 1. The Balaban J connectivity index is 1.99. The van der Waals surface area contributed by atoms with Crippen LogP contribution in [-0.2, 0) is 5.75 Å². The first-order valence-electron chi connectivity index (χ1n) is 4.23. The molecule has 2 rings (SSSR count). The Bertz CT molecular complexity index is 460. The van der Waals surface area contributed by atoms with Crippen molar-refractivity contribution in [1.29, 1.82) is 0 Å². The zero-order valence-electron chi connectivity index (χ0n) is 7.61. The standard InChI is InChI=1S/C10H7BrClNOS/c11-8-2-1-3-10(13-8)15-6-7-4-5-9(12)14-7/h1-5H,6H2. The second-order valence-electron chi connectivity index (χ2n) is 2.79. The zero-order valence-corrected chi connectivity index (χ0v) is 10.8. The van der Waals surface area contributed by atoms with Gasteiger partial charge in [0.25, 0.3) is 0 Å². The number of rotatable bonds is 3. The summed E-state index contributed by atoms with van der Waals surface area (Å²) >= 11 is 10.6. The molecule has 0 aromatic carbocycles. The molecule has 0 amide bonds. The van der Waals surface area contributed by atoms with Gasteiger partial charge < -0.3 is 4.42 Å². The van der Waals surface area contributed by atoms with Gasteiger partial charge in [0.05, 0.1) is 10.8 Å². The third-order valence-corrected chi connectivity index (χ3v) is 3.28. The number of hydrogen-bond donors (Lipinski definition) is 0. The van der Waals surface area contributed by atoms with Gasteiger partial charge in [-0.25, -0.2) is 4.98 Å². The van der Waals surface area contributed by atoms with E-state index in [1.807, 2.05) is 24.3 Å². The molecule has 0 bridgehead atoms. The van der Waals surface area contributed by atoms with E-state index in [2.05, 4.69) is 20.9 Å². The van der Waals surface area contributed by atoms with Crippen LogP contribution >= 0.6 is 39.3 Å². The highest BCUT2D eigenvalue weighted by atomic mass is 79.9. The fourth-order valence-corrected chi connectivity index (χ4v) is 2.45. The summed E-state index contributed by atoms with van der Waals surface area (Å²) in [6, 6.07) is 9.42. The van der Waals surface area contributed by atoms with Crippen molar-refractivity contribution in [2.45, 2.75) is 10.8 Å². The minimum atomic E-state index is 0.424. The van der Waals surface area contributed by atoms with Gasteiger partial charge >= 0.3 is 0 Å². The maximum absolute atomic E-state index is 5.67. The summed E-state index contributed by atoms with van der Waals surface area (Å²) < 4.78 is 6.08. The van der Waals surface area contributed by atoms with Gasteiger partial charge in [-0.3, -0.25) is 0 Å². The van der Waals surface area contributed by atoms with Crippen molar-refractivity contribution >= 4 is 39.3 Å². The maximum Gasteiger partial charge on any atom is 0.193 e. The van der Waals surface area contributed by atoms with Crippen molar-refractivity contribution in [2.24, 2.45) is 0 Å². The lowest BCUT2D eigenvalue weighted by molar-refractivity contribution is 0.532. The second-order valence-corrected chi connectivity index (χ2v) is 4.97. The Hall–Kier alpha value is -0.450. The number of halogens is 2. The van der Waals surface area contributed by atoms with Gasteiger partial charge in [-0.1, -0.05) is 17.8 Å². The van der Waals surface area contributed by atoms with E-state index in [1.54, 1.807) is 17.8 Å². The van der Waals surface area contributed by atoms with E-state index >= 15 is 0 Å². The van der Waals surface area contributed by atoms with Crippen LogP contribution in [0.4, 0.5) is 0 Å². The average Bonchev–Trinajstić information content (AvgIpc) is 2.62. The quantitative estimate of drug-likeness (QED) is 0.621. The molecule has 0 N–H and O–H groups in total. The van der Waals surface area contributed by atoms with Crippen molar-refractivity contribution in [2.75, 3.05) is 0 Å². The number of thioether (sulfide) groups is 1. The summed E-state index contributed by atoms with van der Waals surface area (Å²) in [5, 5.41) is 1.38. The Kier molecular flexibility index (Phi) is 3.72. The van der Waals surface area contributed by atoms with Crippen LogP contribution in [0.2, 0.25) is 5.22 Å².